The van der Waals surface area contributed by atoms with Gasteiger partial charge < -0.3 is 9.80 Å². The number of thiophene rings is 1. The van der Waals surface area contributed by atoms with Gasteiger partial charge in [0.15, 0.2) is 0 Å². The van der Waals surface area contributed by atoms with Crippen LogP contribution >= 0.6 is 11.3 Å². The van der Waals surface area contributed by atoms with Gasteiger partial charge in [-0.1, -0.05) is 18.2 Å². The van der Waals surface area contributed by atoms with Crippen molar-refractivity contribution in [2.24, 2.45) is 0 Å². The van der Waals surface area contributed by atoms with Gasteiger partial charge in [0.1, 0.15) is 0 Å². The first-order valence-electron chi connectivity index (χ1n) is 8.48. The lowest BCUT2D eigenvalue weighted by molar-refractivity contribution is 0.212. The van der Waals surface area contributed by atoms with E-state index >= 15 is 0 Å². The summed E-state index contributed by atoms with van der Waals surface area (Å²) in [7, 11) is 0. The van der Waals surface area contributed by atoms with E-state index in [4.69, 9.17) is 0 Å². The summed E-state index contributed by atoms with van der Waals surface area (Å²) < 4.78 is 0. The summed E-state index contributed by atoms with van der Waals surface area (Å²) in [6, 6.07) is 12.0. The van der Waals surface area contributed by atoms with Crippen molar-refractivity contribution >= 4 is 17.0 Å². The van der Waals surface area contributed by atoms with Crippen molar-refractivity contribution in [2.75, 3.05) is 31.1 Å². The van der Waals surface area contributed by atoms with E-state index in [1.165, 1.54) is 63.1 Å². The van der Waals surface area contributed by atoms with Crippen LogP contribution in [0.15, 0.2) is 41.1 Å². The fraction of sp³-hybridized carbons (Fsp3) is 0.474. The number of rotatable bonds is 4. The van der Waals surface area contributed by atoms with E-state index in [1.807, 2.05) is 11.3 Å². The van der Waals surface area contributed by atoms with E-state index in [2.05, 4.69) is 50.9 Å². The van der Waals surface area contributed by atoms with Crippen molar-refractivity contribution in [1.29, 1.82) is 0 Å². The highest BCUT2D eigenvalue weighted by Crippen LogP contribution is 2.32. The summed E-state index contributed by atoms with van der Waals surface area (Å²) >= 11 is 1.81. The minimum atomic E-state index is 0.751. The van der Waals surface area contributed by atoms with Gasteiger partial charge in [0.05, 0.1) is 0 Å². The molecule has 3 heteroatoms. The molecular formula is C19H24N2S. The first kappa shape index (κ1) is 14.3. The van der Waals surface area contributed by atoms with E-state index in [0.717, 1.165) is 6.04 Å². The molecular weight excluding hydrogens is 288 g/mol. The number of likely N-dealkylation sites (tertiary alicyclic amines) is 1. The number of hydrogen-bond donors (Lipinski definition) is 0. The molecule has 3 heterocycles. The Hall–Kier alpha value is -1.32. The molecule has 0 radical (unpaired) electrons. The summed E-state index contributed by atoms with van der Waals surface area (Å²) in [4.78, 5) is 5.32. The molecule has 0 spiro atoms. The fourth-order valence-electron chi connectivity index (χ4n) is 3.92. The third kappa shape index (κ3) is 2.92. The Morgan fingerprint density at radius 3 is 2.73 bits per heavy atom. The van der Waals surface area contributed by atoms with Gasteiger partial charge in [0.25, 0.3) is 0 Å². The Balaban J connectivity index is 1.31. The van der Waals surface area contributed by atoms with Gasteiger partial charge in [-0.15, -0.1) is 0 Å². The van der Waals surface area contributed by atoms with E-state index in [-0.39, 0.29) is 0 Å². The van der Waals surface area contributed by atoms with Gasteiger partial charge in [-0.3, -0.25) is 0 Å². The predicted molar refractivity (Wildman–Crippen MR) is 95.0 cm³/mol. The molecule has 1 saturated heterocycles. The second kappa shape index (κ2) is 6.43. The minimum Gasteiger partial charge on any atom is -0.368 e. The highest BCUT2D eigenvalue weighted by molar-refractivity contribution is 7.07. The maximum atomic E-state index is 2.67. The average Bonchev–Trinajstić information content (AvgIpc) is 3.23. The average molecular weight is 312 g/mol. The lowest BCUT2D eigenvalue weighted by atomic mass is 10.0. The first-order valence-corrected chi connectivity index (χ1v) is 9.42. The zero-order valence-corrected chi connectivity index (χ0v) is 13.9. The van der Waals surface area contributed by atoms with E-state index < -0.39 is 0 Å². The maximum Gasteiger partial charge on any atom is 0.0402 e. The lowest BCUT2D eigenvalue weighted by Gasteiger charge is -2.38. The molecule has 0 saturated carbocycles. The SMILES string of the molecule is c1ccc2c(c1)CCN2C1CCN(CCc2ccsc2)CC1. The summed E-state index contributed by atoms with van der Waals surface area (Å²) in [5.41, 5.74) is 4.54. The van der Waals surface area contributed by atoms with Gasteiger partial charge in [0.2, 0.25) is 0 Å². The van der Waals surface area contributed by atoms with Crippen molar-refractivity contribution in [3.63, 3.8) is 0 Å². The van der Waals surface area contributed by atoms with Crippen molar-refractivity contribution in [3.8, 4) is 0 Å². The first-order chi connectivity index (χ1) is 10.9. The van der Waals surface area contributed by atoms with Gasteiger partial charge in [-0.2, -0.15) is 11.3 Å². The second-order valence-electron chi connectivity index (χ2n) is 6.53. The molecule has 0 N–H and O–H groups in total. The Labute approximate surface area is 137 Å². The van der Waals surface area contributed by atoms with Crippen LogP contribution in [0, 0.1) is 0 Å². The van der Waals surface area contributed by atoms with E-state index in [9.17, 15) is 0 Å². The summed E-state index contributed by atoms with van der Waals surface area (Å²) in [6.45, 7) is 4.96. The zero-order valence-electron chi connectivity index (χ0n) is 13.1. The Kier molecular flexibility index (Phi) is 4.17. The second-order valence-corrected chi connectivity index (χ2v) is 7.31. The van der Waals surface area contributed by atoms with E-state index in [0.29, 0.717) is 0 Å². The molecule has 2 aliphatic heterocycles. The van der Waals surface area contributed by atoms with Crippen LogP contribution in [0.1, 0.15) is 24.0 Å². The van der Waals surface area contributed by atoms with Crippen LogP contribution in [0.2, 0.25) is 0 Å². The topological polar surface area (TPSA) is 6.48 Å². The standard InChI is InChI=1S/C19H24N2S/c1-2-4-19-17(3-1)6-13-21(19)18-7-11-20(12-8-18)10-5-16-9-14-22-15-16/h1-4,9,14-15,18H,5-8,10-13H2. The van der Waals surface area contributed by atoms with Crippen LogP contribution in [0.4, 0.5) is 5.69 Å². The highest BCUT2D eigenvalue weighted by Gasteiger charge is 2.28. The number of hydrogen-bond acceptors (Lipinski definition) is 3. The lowest BCUT2D eigenvalue weighted by Crippen LogP contribution is -2.44. The van der Waals surface area contributed by atoms with E-state index in [1.54, 1.807) is 5.56 Å². The molecule has 2 aliphatic rings. The van der Waals surface area contributed by atoms with Crippen LogP contribution in [0.25, 0.3) is 0 Å². The molecule has 1 aromatic carbocycles. The molecule has 0 amide bonds. The van der Waals surface area contributed by atoms with Gasteiger partial charge >= 0.3 is 0 Å². The normalized spacial score (nSPS) is 19.5. The molecule has 0 bridgehead atoms. The van der Waals surface area contributed by atoms with Crippen molar-refractivity contribution < 1.29 is 0 Å². The molecule has 0 unspecified atom stereocenters. The molecule has 2 aromatic rings. The number of benzene rings is 1. The number of anilines is 1. The van der Waals surface area contributed by atoms with Gasteiger partial charge in [0, 0.05) is 37.9 Å². The number of para-hydroxylation sites is 1. The minimum absolute atomic E-state index is 0.751. The zero-order chi connectivity index (χ0) is 14.8. The Morgan fingerprint density at radius 2 is 1.91 bits per heavy atom. The van der Waals surface area contributed by atoms with Gasteiger partial charge in [-0.05, 0) is 59.7 Å². The Bertz CT molecular complexity index is 600. The summed E-state index contributed by atoms with van der Waals surface area (Å²) in [5.74, 6) is 0. The largest absolute Gasteiger partial charge is 0.368 e. The van der Waals surface area contributed by atoms with Crippen molar-refractivity contribution in [3.05, 3.63) is 52.2 Å². The molecule has 22 heavy (non-hydrogen) atoms. The monoisotopic (exact) mass is 312 g/mol. The fourth-order valence-corrected chi connectivity index (χ4v) is 4.62. The van der Waals surface area contributed by atoms with Crippen LogP contribution in [-0.2, 0) is 12.8 Å². The highest BCUT2D eigenvalue weighted by atomic mass is 32.1. The maximum absolute atomic E-state index is 2.67. The quantitative estimate of drug-likeness (QED) is 0.847. The smallest absolute Gasteiger partial charge is 0.0402 e. The Morgan fingerprint density at radius 1 is 1.05 bits per heavy atom. The van der Waals surface area contributed by atoms with Crippen LogP contribution in [0.3, 0.4) is 0 Å². The third-order valence-corrected chi connectivity index (χ3v) is 5.95. The molecule has 1 aromatic heterocycles. The molecule has 0 aliphatic carbocycles. The molecule has 116 valence electrons. The number of piperidine rings is 1. The number of fused-ring (bicyclic) bond motifs is 1. The van der Waals surface area contributed by atoms with Crippen LogP contribution in [-0.4, -0.2) is 37.1 Å². The van der Waals surface area contributed by atoms with Crippen molar-refractivity contribution in [2.45, 2.75) is 31.7 Å². The third-order valence-electron chi connectivity index (χ3n) is 5.22. The van der Waals surface area contributed by atoms with Crippen LogP contribution in [0.5, 0.6) is 0 Å². The van der Waals surface area contributed by atoms with Crippen molar-refractivity contribution in [1.82, 2.24) is 4.90 Å². The molecule has 1 fully saturated rings. The molecule has 2 nitrogen and oxygen atoms in total. The molecule has 4 rings (SSSR count). The predicted octanol–water partition coefficient (Wildman–Crippen LogP) is 3.82. The van der Waals surface area contributed by atoms with Crippen LogP contribution < -0.4 is 4.90 Å². The summed E-state index contributed by atoms with van der Waals surface area (Å²) in [6.07, 6.45) is 5.07. The summed E-state index contributed by atoms with van der Waals surface area (Å²) in [5, 5.41) is 4.47. The van der Waals surface area contributed by atoms with Gasteiger partial charge in [-0.25, -0.2) is 0 Å². The number of nitrogens with zero attached hydrogens (tertiary/aromatic N) is 2. The molecule has 0 atom stereocenters.